The molecule has 10 heteroatoms. The molecule has 1 amide bonds. The number of rotatable bonds is 5. The van der Waals surface area contributed by atoms with Crippen molar-refractivity contribution in [3.05, 3.63) is 40.4 Å². The molecular weight excluding hydrogens is 409 g/mol. The Labute approximate surface area is 167 Å². The van der Waals surface area contributed by atoms with Crippen LogP contribution in [0.2, 0.25) is 5.02 Å². The number of benzene rings is 1. The normalized spacial score (nSPS) is 16.3. The molecule has 0 saturated carbocycles. The maximum Gasteiger partial charge on any atom is 0.257 e. The summed E-state index contributed by atoms with van der Waals surface area (Å²) < 4.78 is 44.7. The van der Waals surface area contributed by atoms with Crippen LogP contribution in [0, 0.1) is 12.7 Å². The first kappa shape index (κ1) is 20.8. The lowest BCUT2D eigenvalue weighted by Crippen LogP contribution is -2.47. The van der Waals surface area contributed by atoms with E-state index in [1.165, 1.54) is 22.5 Å². The van der Waals surface area contributed by atoms with E-state index in [4.69, 9.17) is 16.1 Å². The highest BCUT2D eigenvalue weighted by molar-refractivity contribution is 7.89. The summed E-state index contributed by atoms with van der Waals surface area (Å²) in [6.07, 6.45) is 0.982. The first-order chi connectivity index (χ1) is 13.2. The van der Waals surface area contributed by atoms with Gasteiger partial charge in [-0.3, -0.25) is 4.79 Å². The molecule has 3 rings (SSSR count). The Bertz CT molecular complexity index is 964. The van der Waals surface area contributed by atoms with Crippen molar-refractivity contribution in [2.45, 2.75) is 32.7 Å². The molecular formula is C18H21ClFN3O4S. The van der Waals surface area contributed by atoms with Gasteiger partial charge in [0.2, 0.25) is 10.0 Å². The molecule has 0 radical (unpaired) electrons. The third kappa shape index (κ3) is 4.06. The quantitative estimate of drug-likeness (QED) is 0.788. The van der Waals surface area contributed by atoms with Crippen molar-refractivity contribution < 1.29 is 22.1 Å². The number of hydrogen-bond donors (Lipinski definition) is 1. The van der Waals surface area contributed by atoms with E-state index in [9.17, 15) is 17.6 Å². The summed E-state index contributed by atoms with van der Waals surface area (Å²) in [6, 6.07) is 4.01. The van der Waals surface area contributed by atoms with Crippen LogP contribution in [-0.2, 0) is 10.0 Å². The van der Waals surface area contributed by atoms with Crippen LogP contribution in [0.25, 0.3) is 11.3 Å². The molecule has 1 fully saturated rings. The van der Waals surface area contributed by atoms with Crippen molar-refractivity contribution in [1.29, 1.82) is 0 Å². The zero-order chi connectivity index (χ0) is 20.5. The molecule has 0 aliphatic carbocycles. The maximum atomic E-state index is 14.3. The molecule has 2 heterocycles. The highest BCUT2D eigenvalue weighted by Crippen LogP contribution is 2.33. The van der Waals surface area contributed by atoms with Crippen LogP contribution < -0.4 is 5.32 Å². The first-order valence-electron chi connectivity index (χ1n) is 8.94. The molecule has 28 heavy (non-hydrogen) atoms. The van der Waals surface area contributed by atoms with E-state index in [1.54, 1.807) is 13.8 Å². The molecule has 0 bridgehead atoms. The van der Waals surface area contributed by atoms with Crippen molar-refractivity contribution >= 4 is 27.5 Å². The predicted molar refractivity (Wildman–Crippen MR) is 103 cm³/mol. The van der Waals surface area contributed by atoms with E-state index in [0.717, 1.165) is 0 Å². The number of nitrogens with one attached hydrogen (secondary N) is 1. The summed E-state index contributed by atoms with van der Waals surface area (Å²) in [5, 5.41) is 6.83. The third-order valence-electron chi connectivity index (χ3n) is 4.84. The van der Waals surface area contributed by atoms with E-state index < -0.39 is 21.7 Å². The number of carbonyl (C=O) groups is 1. The van der Waals surface area contributed by atoms with Gasteiger partial charge in [0, 0.05) is 19.1 Å². The minimum absolute atomic E-state index is 0.00928. The number of aromatic nitrogens is 1. The van der Waals surface area contributed by atoms with Gasteiger partial charge in [0.25, 0.3) is 5.91 Å². The zero-order valence-corrected chi connectivity index (χ0v) is 17.1. The van der Waals surface area contributed by atoms with Crippen molar-refractivity contribution in [3.63, 3.8) is 0 Å². The van der Waals surface area contributed by atoms with Crippen LogP contribution in [0.1, 0.15) is 35.9 Å². The minimum Gasteiger partial charge on any atom is -0.360 e. The van der Waals surface area contributed by atoms with Gasteiger partial charge in [-0.25, -0.2) is 17.1 Å². The van der Waals surface area contributed by atoms with E-state index >= 15 is 0 Å². The molecule has 7 nitrogen and oxygen atoms in total. The van der Waals surface area contributed by atoms with Gasteiger partial charge in [-0.05, 0) is 38.8 Å². The van der Waals surface area contributed by atoms with Gasteiger partial charge in [0.15, 0.2) is 0 Å². The van der Waals surface area contributed by atoms with Gasteiger partial charge in [-0.1, -0.05) is 22.8 Å². The Balaban J connectivity index is 1.77. The Morgan fingerprint density at radius 2 is 2.07 bits per heavy atom. The molecule has 1 aliphatic rings. The number of hydrogen-bond acceptors (Lipinski definition) is 5. The van der Waals surface area contributed by atoms with E-state index in [-0.39, 0.29) is 39.4 Å². The number of nitrogens with zero attached hydrogens (tertiary/aromatic N) is 2. The standard InChI is InChI=1S/C18H21ClFN3O4S/c1-3-28(25,26)23-9-7-12(8-10-23)21-18(24)15-11(2)27-22-17(15)16-13(19)5-4-6-14(16)20/h4-6,12H,3,7-10H2,1-2H3,(H,21,24). The largest absolute Gasteiger partial charge is 0.360 e. The molecule has 152 valence electrons. The maximum absolute atomic E-state index is 14.3. The van der Waals surface area contributed by atoms with Crippen LogP contribution in [0.5, 0.6) is 0 Å². The molecule has 0 spiro atoms. The zero-order valence-electron chi connectivity index (χ0n) is 15.5. The van der Waals surface area contributed by atoms with Crippen molar-refractivity contribution in [2.75, 3.05) is 18.8 Å². The molecule has 1 N–H and O–H groups in total. The highest BCUT2D eigenvalue weighted by Gasteiger charge is 2.30. The summed E-state index contributed by atoms with van der Waals surface area (Å²) in [5.74, 6) is -0.757. The van der Waals surface area contributed by atoms with Crippen molar-refractivity contribution in [3.8, 4) is 11.3 Å². The number of halogens is 2. The average molecular weight is 430 g/mol. The molecule has 2 aromatic rings. The fourth-order valence-electron chi connectivity index (χ4n) is 3.25. The lowest BCUT2D eigenvalue weighted by Gasteiger charge is -2.31. The molecule has 1 aliphatic heterocycles. The Morgan fingerprint density at radius 1 is 1.39 bits per heavy atom. The second-order valence-electron chi connectivity index (χ2n) is 6.61. The monoisotopic (exact) mass is 429 g/mol. The average Bonchev–Trinajstić information content (AvgIpc) is 3.03. The summed E-state index contributed by atoms with van der Waals surface area (Å²) in [4.78, 5) is 12.8. The summed E-state index contributed by atoms with van der Waals surface area (Å²) >= 11 is 6.10. The lowest BCUT2D eigenvalue weighted by atomic mass is 10.0. The summed E-state index contributed by atoms with van der Waals surface area (Å²) in [7, 11) is -3.24. The first-order valence-corrected chi connectivity index (χ1v) is 10.9. The number of sulfonamides is 1. The van der Waals surface area contributed by atoms with E-state index in [1.807, 2.05) is 0 Å². The topological polar surface area (TPSA) is 92.5 Å². The molecule has 1 aromatic carbocycles. The SMILES string of the molecule is CCS(=O)(=O)N1CCC(NC(=O)c2c(-c3c(F)cccc3Cl)noc2C)CC1. The Hall–Kier alpha value is -1.97. The van der Waals surface area contributed by atoms with Crippen molar-refractivity contribution in [2.24, 2.45) is 0 Å². The number of piperidine rings is 1. The van der Waals surface area contributed by atoms with Crippen LogP contribution in [0.15, 0.2) is 22.7 Å². The van der Waals surface area contributed by atoms with E-state index in [0.29, 0.717) is 25.9 Å². The van der Waals surface area contributed by atoms with Gasteiger partial charge >= 0.3 is 0 Å². The fraction of sp³-hybridized carbons (Fsp3) is 0.444. The lowest BCUT2D eigenvalue weighted by molar-refractivity contribution is 0.0923. The minimum atomic E-state index is -3.24. The molecule has 0 atom stereocenters. The van der Waals surface area contributed by atoms with Gasteiger partial charge in [0.1, 0.15) is 22.8 Å². The van der Waals surface area contributed by atoms with Gasteiger partial charge in [-0.2, -0.15) is 0 Å². The van der Waals surface area contributed by atoms with Crippen LogP contribution >= 0.6 is 11.6 Å². The van der Waals surface area contributed by atoms with Gasteiger partial charge in [-0.15, -0.1) is 0 Å². The van der Waals surface area contributed by atoms with E-state index in [2.05, 4.69) is 10.5 Å². The number of amides is 1. The van der Waals surface area contributed by atoms with Crippen molar-refractivity contribution in [1.82, 2.24) is 14.8 Å². The molecule has 1 aromatic heterocycles. The summed E-state index contributed by atoms with van der Waals surface area (Å²) in [5.41, 5.74) is 0.176. The summed E-state index contributed by atoms with van der Waals surface area (Å²) in [6.45, 7) is 3.86. The second-order valence-corrected chi connectivity index (χ2v) is 9.27. The Morgan fingerprint density at radius 3 is 2.68 bits per heavy atom. The molecule has 1 saturated heterocycles. The highest BCUT2D eigenvalue weighted by atomic mass is 35.5. The number of carbonyl (C=O) groups excluding carboxylic acids is 1. The smallest absolute Gasteiger partial charge is 0.257 e. The van der Waals surface area contributed by atoms with Crippen LogP contribution in [0.4, 0.5) is 4.39 Å². The van der Waals surface area contributed by atoms with Crippen LogP contribution in [-0.4, -0.2) is 48.7 Å². The predicted octanol–water partition coefficient (Wildman–Crippen LogP) is 2.99. The Kier molecular flexibility index (Phi) is 6.07. The van der Waals surface area contributed by atoms with Gasteiger partial charge < -0.3 is 9.84 Å². The molecule has 0 unspecified atom stereocenters. The van der Waals surface area contributed by atoms with Crippen LogP contribution in [0.3, 0.4) is 0 Å². The third-order valence-corrected chi connectivity index (χ3v) is 7.03. The van der Waals surface area contributed by atoms with Gasteiger partial charge in [0.05, 0.1) is 16.3 Å². The fourth-order valence-corrected chi connectivity index (χ4v) is 4.64. The second kappa shape index (κ2) is 8.18. The number of aryl methyl sites for hydroxylation is 1.